The van der Waals surface area contributed by atoms with E-state index in [9.17, 15) is 13.2 Å². The number of likely N-dealkylation sites (N-methyl/N-ethyl adjacent to an activating group) is 1. The van der Waals surface area contributed by atoms with Crippen molar-refractivity contribution in [3.8, 4) is 0 Å². The van der Waals surface area contributed by atoms with Gasteiger partial charge in [0, 0.05) is 24.5 Å². The quantitative estimate of drug-likeness (QED) is 0.643. The smallest absolute Gasteiger partial charge is 0.356 e. The molecule has 1 N–H and O–H groups in total. The van der Waals surface area contributed by atoms with Gasteiger partial charge in [0.25, 0.3) is 0 Å². The first-order valence-corrected chi connectivity index (χ1v) is 9.90. The lowest BCUT2D eigenvalue weighted by Gasteiger charge is -2.25. The molecule has 2 aromatic carbocycles. The molecule has 0 saturated carbocycles. The molecular formula is C20H28F3N2P. The topological polar surface area (TPSA) is 15.3 Å². The van der Waals surface area contributed by atoms with E-state index in [1.165, 1.54) is 23.3 Å². The Balaban J connectivity index is 0.000000791. The van der Waals surface area contributed by atoms with E-state index in [1.807, 2.05) is 26.6 Å². The molecule has 2 aromatic rings. The minimum absolute atomic E-state index is 0.633. The monoisotopic (exact) mass is 384 g/mol. The maximum Gasteiger partial charge on any atom is 0.416 e. The lowest BCUT2D eigenvalue weighted by atomic mass is 9.99. The van der Waals surface area contributed by atoms with Gasteiger partial charge in [-0.25, -0.2) is 0 Å². The molecule has 0 bridgehead atoms. The minimum Gasteiger partial charge on any atom is -0.356 e. The number of hydrogen-bond donors (Lipinski definition) is 1. The summed E-state index contributed by atoms with van der Waals surface area (Å²) in [6.45, 7) is 7.88. The number of nitrogens with one attached hydrogen (secondary N) is 1. The van der Waals surface area contributed by atoms with E-state index < -0.39 is 11.7 Å². The normalized spacial score (nSPS) is 13.5. The summed E-state index contributed by atoms with van der Waals surface area (Å²) in [4.78, 5) is 2.27. The Morgan fingerprint density at radius 3 is 2.08 bits per heavy atom. The summed E-state index contributed by atoms with van der Waals surface area (Å²) >= 11 is 0. The first kappa shape index (κ1) is 22.5. The number of halogens is 3. The molecule has 1 aliphatic rings. The van der Waals surface area contributed by atoms with Gasteiger partial charge >= 0.3 is 6.18 Å². The van der Waals surface area contributed by atoms with Gasteiger partial charge in [0.2, 0.25) is 0 Å². The summed E-state index contributed by atoms with van der Waals surface area (Å²) in [5, 5.41) is 3.16. The summed E-state index contributed by atoms with van der Waals surface area (Å²) in [7, 11) is 4.51. The zero-order valence-electron chi connectivity index (χ0n) is 15.8. The van der Waals surface area contributed by atoms with E-state index >= 15 is 0 Å². The van der Waals surface area contributed by atoms with Crippen molar-refractivity contribution >= 4 is 20.6 Å². The number of benzene rings is 2. The molecule has 0 fully saturated rings. The first-order chi connectivity index (χ1) is 12.4. The molecular weight excluding hydrogens is 356 g/mol. The Bertz CT molecular complexity index is 670. The third-order valence-electron chi connectivity index (χ3n) is 3.91. The molecule has 0 aromatic heterocycles. The highest BCUT2D eigenvalue weighted by Crippen LogP contribution is 2.30. The van der Waals surface area contributed by atoms with Gasteiger partial charge in [-0.15, -0.1) is 9.24 Å². The number of anilines is 2. The minimum atomic E-state index is -4.30. The molecule has 0 radical (unpaired) electrons. The van der Waals surface area contributed by atoms with Crippen LogP contribution in [-0.4, -0.2) is 25.2 Å². The van der Waals surface area contributed by atoms with E-state index in [0.29, 0.717) is 5.69 Å². The Hall–Kier alpha value is -1.58. The molecule has 1 atom stereocenters. The van der Waals surface area contributed by atoms with Crippen LogP contribution in [0.1, 0.15) is 30.5 Å². The fourth-order valence-corrected chi connectivity index (χ4v) is 2.68. The lowest BCUT2D eigenvalue weighted by molar-refractivity contribution is -0.137. The van der Waals surface area contributed by atoms with Crippen LogP contribution < -0.4 is 5.32 Å². The fraction of sp³-hybridized carbons (Fsp3) is 0.400. The van der Waals surface area contributed by atoms with Gasteiger partial charge in [0.15, 0.2) is 0 Å². The highest BCUT2D eigenvalue weighted by Gasteiger charge is 2.29. The maximum atomic E-state index is 12.5. The predicted octanol–water partition coefficient (Wildman–Crippen LogP) is 5.95. The number of rotatable bonds is 2. The third kappa shape index (κ3) is 6.30. The molecule has 1 heterocycles. The van der Waals surface area contributed by atoms with Crippen LogP contribution in [0.5, 0.6) is 0 Å². The van der Waals surface area contributed by atoms with Crippen molar-refractivity contribution < 1.29 is 13.2 Å². The number of alkyl halides is 3. The molecule has 0 spiro atoms. The maximum absolute atomic E-state index is 12.5. The average molecular weight is 384 g/mol. The van der Waals surface area contributed by atoms with Crippen molar-refractivity contribution in [2.45, 2.75) is 33.0 Å². The van der Waals surface area contributed by atoms with Crippen molar-refractivity contribution in [3.63, 3.8) is 0 Å². The molecule has 3 rings (SSSR count). The molecule has 0 aliphatic carbocycles. The van der Waals surface area contributed by atoms with E-state index in [4.69, 9.17) is 0 Å². The largest absolute Gasteiger partial charge is 0.416 e. The van der Waals surface area contributed by atoms with Crippen LogP contribution >= 0.6 is 9.24 Å². The van der Waals surface area contributed by atoms with Crippen LogP contribution in [0, 0.1) is 0 Å². The van der Waals surface area contributed by atoms with Crippen LogP contribution in [0.2, 0.25) is 0 Å². The van der Waals surface area contributed by atoms with Crippen molar-refractivity contribution in [2.24, 2.45) is 0 Å². The van der Waals surface area contributed by atoms with Crippen LogP contribution in [0.25, 0.3) is 0 Å². The van der Waals surface area contributed by atoms with Crippen LogP contribution in [0.4, 0.5) is 24.5 Å². The summed E-state index contributed by atoms with van der Waals surface area (Å²) in [5.41, 5.74) is 3.54. The number of hydrogen-bond acceptors (Lipinski definition) is 2. The molecule has 26 heavy (non-hydrogen) atoms. The van der Waals surface area contributed by atoms with Gasteiger partial charge in [0.1, 0.15) is 0 Å². The summed E-state index contributed by atoms with van der Waals surface area (Å²) < 4.78 is 37.6. The van der Waals surface area contributed by atoms with Gasteiger partial charge in [-0.3, -0.25) is 0 Å². The zero-order chi connectivity index (χ0) is 19.7. The highest BCUT2D eigenvalue weighted by molar-refractivity contribution is 7.15. The summed E-state index contributed by atoms with van der Waals surface area (Å²) in [6, 6.07) is 11.2. The van der Waals surface area contributed by atoms with Crippen molar-refractivity contribution in [1.29, 1.82) is 0 Å². The van der Waals surface area contributed by atoms with Crippen molar-refractivity contribution in [2.75, 3.05) is 25.6 Å². The summed E-state index contributed by atoms with van der Waals surface area (Å²) in [6.07, 6.45) is -3.30. The zero-order valence-corrected chi connectivity index (χ0v) is 17.0. The molecule has 6 heteroatoms. The van der Waals surface area contributed by atoms with Gasteiger partial charge in [-0.2, -0.15) is 13.2 Å². The second-order valence-corrected chi connectivity index (χ2v) is 5.67. The fourth-order valence-electron chi connectivity index (χ4n) is 2.68. The molecule has 1 unspecified atom stereocenters. The lowest BCUT2D eigenvalue weighted by Crippen LogP contribution is -2.26. The van der Waals surface area contributed by atoms with Gasteiger partial charge in [-0.05, 0) is 61.0 Å². The Morgan fingerprint density at radius 1 is 0.923 bits per heavy atom. The standard InChI is InChI=1S/C17H17F3N2.C2H6.CH5P/c1-22-9-8-12-10-16(5-2-13(12)11-22)21-15-6-3-14(4-7-15)17(18,19)20;2*1-2/h2-7,10,21H,8-9,11H2,1H3;1-2H3;2H2,1H3. The van der Waals surface area contributed by atoms with E-state index in [-0.39, 0.29) is 0 Å². The number of fused-ring (bicyclic) bond motifs is 1. The third-order valence-corrected chi connectivity index (χ3v) is 3.91. The first-order valence-electron chi connectivity index (χ1n) is 8.74. The molecule has 2 nitrogen and oxygen atoms in total. The number of nitrogens with zero attached hydrogens (tertiary/aromatic N) is 1. The van der Waals surface area contributed by atoms with Crippen molar-refractivity contribution in [1.82, 2.24) is 4.90 Å². The van der Waals surface area contributed by atoms with Crippen LogP contribution in [0.3, 0.4) is 0 Å². The van der Waals surface area contributed by atoms with Crippen LogP contribution in [-0.2, 0) is 19.1 Å². The molecule has 1 aliphatic heterocycles. The Kier molecular flexibility index (Phi) is 9.11. The Labute approximate surface area is 157 Å². The predicted molar refractivity (Wildman–Crippen MR) is 108 cm³/mol. The average Bonchev–Trinajstić information content (AvgIpc) is 2.65. The molecule has 144 valence electrons. The molecule has 0 saturated heterocycles. The second kappa shape index (κ2) is 10.5. The second-order valence-electron chi connectivity index (χ2n) is 5.67. The van der Waals surface area contributed by atoms with E-state index in [0.717, 1.165) is 37.3 Å². The molecule has 0 amide bonds. The van der Waals surface area contributed by atoms with Gasteiger partial charge in [0.05, 0.1) is 5.56 Å². The van der Waals surface area contributed by atoms with Gasteiger partial charge in [-0.1, -0.05) is 26.6 Å². The van der Waals surface area contributed by atoms with E-state index in [1.54, 1.807) is 0 Å². The van der Waals surface area contributed by atoms with Crippen LogP contribution in [0.15, 0.2) is 42.5 Å². The summed E-state index contributed by atoms with van der Waals surface area (Å²) in [5.74, 6) is 0. The SMILES string of the molecule is CC.CN1CCc2cc(Nc3ccc(C(F)(F)F)cc3)ccc2C1.CP. The Morgan fingerprint density at radius 2 is 1.50 bits per heavy atom. The highest BCUT2D eigenvalue weighted by atomic mass is 31.0. The van der Waals surface area contributed by atoms with Crippen molar-refractivity contribution in [3.05, 3.63) is 59.2 Å². The van der Waals surface area contributed by atoms with Gasteiger partial charge < -0.3 is 10.2 Å². The van der Waals surface area contributed by atoms with E-state index in [2.05, 4.69) is 38.6 Å².